The van der Waals surface area contributed by atoms with Crippen molar-refractivity contribution >= 4 is 6.47 Å². The third-order valence-electron chi connectivity index (χ3n) is 0. The fourth-order valence-electron chi connectivity index (χ4n) is 0. The van der Waals surface area contributed by atoms with Gasteiger partial charge >= 0.3 is 0 Å². The number of rotatable bonds is 0. The molecule has 0 saturated carbocycles. The van der Waals surface area contributed by atoms with Crippen molar-refractivity contribution in [1.29, 1.82) is 0 Å². The Balaban J connectivity index is -0.0000000200. The smallest absolute Gasteiger partial charge is 0.290 e. The molecule has 0 amide bonds. The van der Waals surface area contributed by atoms with Crippen LogP contribution < -0.4 is 0 Å². The molecule has 0 spiro atoms. The molecule has 0 heterocycles. The zero-order valence-electron chi connectivity index (χ0n) is 2.05. The summed E-state index contributed by atoms with van der Waals surface area (Å²) in [6.07, 6.45) is 0. The first-order chi connectivity index (χ1) is 1.41. The third-order valence-corrected chi connectivity index (χ3v) is 0. The molecule has 1 N–H and O–H groups in total. The van der Waals surface area contributed by atoms with Gasteiger partial charge in [0, 0.05) is 37.5 Å². The van der Waals surface area contributed by atoms with Gasteiger partial charge in [0.25, 0.3) is 6.47 Å². The van der Waals surface area contributed by atoms with E-state index in [1.54, 1.807) is 0 Å². The molecule has 0 aromatic rings. The minimum Gasteiger partial charge on any atom is -0.483 e. The van der Waals surface area contributed by atoms with Crippen molar-refractivity contribution in [3.63, 3.8) is 0 Å². The average molecular weight is 216 g/mol. The zero-order chi connectivity index (χ0) is 2.71. The monoisotopic (exact) mass is 215 g/mol. The first kappa shape index (κ1) is 17.4. The van der Waals surface area contributed by atoms with Gasteiger partial charge in [-0.1, -0.05) is 0 Å². The molecule has 0 aliphatic rings. The molecule has 0 bridgehead atoms. The van der Waals surface area contributed by atoms with E-state index in [2.05, 4.69) is 0 Å². The standard InChI is InChI=1S/CH2O2.Cu.Pd/c2-1-3;;/h1H,(H,2,3);;. The molecular weight excluding hydrogens is 214 g/mol. The summed E-state index contributed by atoms with van der Waals surface area (Å²) >= 11 is 0. The van der Waals surface area contributed by atoms with E-state index in [0.29, 0.717) is 0 Å². The largest absolute Gasteiger partial charge is 0.483 e. The molecule has 0 aromatic heterocycles. The van der Waals surface area contributed by atoms with Crippen LogP contribution in [0.4, 0.5) is 0 Å². The molecule has 0 rings (SSSR count). The second-order valence-electron chi connectivity index (χ2n) is 0.105. The van der Waals surface area contributed by atoms with E-state index < -0.39 is 0 Å². The van der Waals surface area contributed by atoms with Gasteiger partial charge in [0.2, 0.25) is 0 Å². The van der Waals surface area contributed by atoms with Gasteiger partial charge in [0.05, 0.1) is 0 Å². The van der Waals surface area contributed by atoms with E-state index in [1.807, 2.05) is 0 Å². The maximum absolute atomic E-state index is 8.36. The minimum atomic E-state index is -0.250. The van der Waals surface area contributed by atoms with Crippen LogP contribution >= 0.6 is 0 Å². The second-order valence-corrected chi connectivity index (χ2v) is 0.105. The summed E-state index contributed by atoms with van der Waals surface area (Å²) in [5.41, 5.74) is 0. The maximum Gasteiger partial charge on any atom is 0.290 e. The Morgan fingerprint density at radius 1 is 1.60 bits per heavy atom. The Hall–Kier alpha value is 0.652. The molecule has 0 fully saturated rings. The zero-order valence-corrected chi connectivity index (χ0v) is 4.55. The van der Waals surface area contributed by atoms with Gasteiger partial charge in [-0.15, -0.1) is 0 Å². The normalized spacial score (nSPS) is 2.40. The predicted octanol–water partition coefficient (Wildman–Crippen LogP) is -0.304. The summed E-state index contributed by atoms with van der Waals surface area (Å²) in [5, 5.41) is 6.89. The minimum absolute atomic E-state index is 0. The van der Waals surface area contributed by atoms with Crippen molar-refractivity contribution in [3.8, 4) is 0 Å². The van der Waals surface area contributed by atoms with E-state index in [9.17, 15) is 0 Å². The summed E-state index contributed by atoms with van der Waals surface area (Å²) in [6.45, 7) is -0.250. The molecule has 0 aliphatic carbocycles. The van der Waals surface area contributed by atoms with Crippen LogP contribution in [-0.2, 0) is 42.3 Å². The molecular formula is CH2CuO2Pd. The van der Waals surface area contributed by atoms with Gasteiger partial charge in [-0.05, 0) is 0 Å². The summed E-state index contributed by atoms with van der Waals surface area (Å²) < 4.78 is 0. The Labute approximate surface area is 54.1 Å². The summed E-state index contributed by atoms with van der Waals surface area (Å²) in [7, 11) is 0. The predicted molar refractivity (Wildman–Crippen MR) is 8.69 cm³/mol. The van der Waals surface area contributed by atoms with Gasteiger partial charge in [-0.2, -0.15) is 0 Å². The first-order valence-corrected chi connectivity index (χ1v) is 0.494. The molecule has 0 atom stereocenters. The first-order valence-electron chi connectivity index (χ1n) is 0.494. The van der Waals surface area contributed by atoms with Crippen molar-refractivity contribution < 1.29 is 47.4 Å². The van der Waals surface area contributed by atoms with E-state index >= 15 is 0 Å². The third kappa shape index (κ3) is 77.0. The Morgan fingerprint density at radius 3 is 1.60 bits per heavy atom. The second kappa shape index (κ2) is 22.7. The fourth-order valence-corrected chi connectivity index (χ4v) is 0. The van der Waals surface area contributed by atoms with E-state index in [1.165, 1.54) is 0 Å². The molecule has 0 unspecified atom stereocenters. The fraction of sp³-hybridized carbons (Fsp3) is 0. The summed E-state index contributed by atoms with van der Waals surface area (Å²) in [4.78, 5) is 8.36. The average Bonchev–Trinajstić information content (AvgIpc) is 0.918. The van der Waals surface area contributed by atoms with Gasteiger partial charge in [0.15, 0.2) is 0 Å². The molecule has 0 aliphatic heterocycles. The van der Waals surface area contributed by atoms with E-state index in [-0.39, 0.29) is 44.0 Å². The van der Waals surface area contributed by atoms with Gasteiger partial charge < -0.3 is 5.11 Å². The maximum atomic E-state index is 8.36. The molecule has 1 radical (unpaired) electrons. The molecule has 2 nitrogen and oxygen atoms in total. The molecule has 4 heteroatoms. The van der Waals surface area contributed by atoms with Crippen LogP contribution in [0.2, 0.25) is 0 Å². The van der Waals surface area contributed by atoms with Crippen LogP contribution in [0.1, 0.15) is 0 Å². The molecule has 39 valence electrons. The van der Waals surface area contributed by atoms with Crippen molar-refractivity contribution in [3.05, 3.63) is 0 Å². The van der Waals surface area contributed by atoms with E-state index in [0.717, 1.165) is 0 Å². The van der Waals surface area contributed by atoms with Crippen molar-refractivity contribution in [1.82, 2.24) is 0 Å². The number of hydrogen-bond donors (Lipinski definition) is 1. The van der Waals surface area contributed by atoms with Gasteiger partial charge in [-0.25, -0.2) is 0 Å². The van der Waals surface area contributed by atoms with Crippen LogP contribution in [0.15, 0.2) is 0 Å². The Bertz CT molecular complexity index is 17.1. The van der Waals surface area contributed by atoms with E-state index in [4.69, 9.17) is 9.90 Å². The Morgan fingerprint density at radius 2 is 1.60 bits per heavy atom. The van der Waals surface area contributed by atoms with Crippen LogP contribution in [0.5, 0.6) is 0 Å². The quantitative estimate of drug-likeness (QED) is 0.445. The van der Waals surface area contributed by atoms with Crippen LogP contribution in [0, 0.1) is 0 Å². The molecule has 0 saturated heterocycles. The number of carbonyl (C=O) groups is 1. The van der Waals surface area contributed by atoms with Gasteiger partial charge in [-0.3, -0.25) is 4.79 Å². The van der Waals surface area contributed by atoms with Crippen LogP contribution in [0.25, 0.3) is 0 Å². The van der Waals surface area contributed by atoms with Crippen molar-refractivity contribution in [2.45, 2.75) is 0 Å². The van der Waals surface area contributed by atoms with Crippen LogP contribution in [0.3, 0.4) is 0 Å². The number of carboxylic acid groups (broad SMARTS) is 1. The van der Waals surface area contributed by atoms with Gasteiger partial charge in [0.1, 0.15) is 0 Å². The summed E-state index contributed by atoms with van der Waals surface area (Å²) in [5.74, 6) is 0. The summed E-state index contributed by atoms with van der Waals surface area (Å²) in [6, 6.07) is 0. The SMILES string of the molecule is O=CO.[Cu].[Pd]. The number of hydrogen-bond acceptors (Lipinski definition) is 1. The van der Waals surface area contributed by atoms with Crippen LogP contribution in [-0.4, -0.2) is 11.6 Å². The van der Waals surface area contributed by atoms with Crippen molar-refractivity contribution in [2.75, 3.05) is 0 Å². The molecule has 0 aromatic carbocycles. The molecule has 5 heavy (non-hydrogen) atoms. The topological polar surface area (TPSA) is 37.3 Å². The Kier molecular flexibility index (Phi) is 79.1. The van der Waals surface area contributed by atoms with Crippen molar-refractivity contribution in [2.24, 2.45) is 0 Å².